The largest absolute Gasteiger partial charge is 0.373 e. The van der Waals surface area contributed by atoms with Crippen LogP contribution in [0.25, 0.3) is 0 Å². The minimum atomic E-state index is -0.593. The third-order valence-corrected chi connectivity index (χ3v) is 4.60. The topological polar surface area (TPSA) is 97.2 Å². The second-order valence-corrected chi connectivity index (χ2v) is 6.27. The maximum atomic E-state index is 13.0. The van der Waals surface area contributed by atoms with Gasteiger partial charge in [0.05, 0.1) is 16.8 Å². The first kappa shape index (κ1) is 16.7. The number of rotatable bonds is 4. The van der Waals surface area contributed by atoms with E-state index < -0.39 is 11.0 Å². The van der Waals surface area contributed by atoms with Gasteiger partial charge in [-0.3, -0.25) is 19.9 Å². The fraction of sp³-hybridized carbons (Fsp3) is 0.100. The standard InChI is InChI=1S/C20H16N4O3/c25-20(22-14-7-4-10-21-12-14)19-18(13-5-2-1-3-6-13)16-11-15(24(26)27)8-9-17(16)23-19/h1-12,18-19,23H,(H,22,25). The van der Waals surface area contributed by atoms with Crippen molar-refractivity contribution in [3.63, 3.8) is 0 Å². The van der Waals surface area contributed by atoms with Crippen molar-refractivity contribution >= 4 is 23.0 Å². The van der Waals surface area contributed by atoms with Crippen molar-refractivity contribution in [1.82, 2.24) is 4.98 Å². The summed E-state index contributed by atoms with van der Waals surface area (Å²) in [6, 6.07) is 17.1. The fourth-order valence-corrected chi connectivity index (χ4v) is 3.39. The van der Waals surface area contributed by atoms with Gasteiger partial charge in [0, 0.05) is 29.9 Å². The molecule has 1 amide bonds. The van der Waals surface area contributed by atoms with Gasteiger partial charge in [-0.05, 0) is 29.3 Å². The van der Waals surface area contributed by atoms with Crippen LogP contribution >= 0.6 is 0 Å². The molecule has 2 atom stereocenters. The summed E-state index contributed by atoms with van der Waals surface area (Å²) in [5.74, 6) is -0.562. The number of pyridine rings is 1. The summed E-state index contributed by atoms with van der Waals surface area (Å²) in [4.78, 5) is 27.7. The van der Waals surface area contributed by atoms with Gasteiger partial charge in [0.25, 0.3) is 5.69 Å². The Hall–Kier alpha value is -3.74. The Morgan fingerprint density at radius 2 is 1.93 bits per heavy atom. The maximum absolute atomic E-state index is 13.0. The highest BCUT2D eigenvalue weighted by molar-refractivity contribution is 5.99. The lowest BCUT2D eigenvalue weighted by Crippen LogP contribution is -2.36. The molecule has 1 aliphatic heterocycles. The second kappa shape index (κ2) is 6.87. The molecule has 0 saturated heterocycles. The van der Waals surface area contributed by atoms with Gasteiger partial charge in [-0.15, -0.1) is 0 Å². The molecule has 0 aliphatic carbocycles. The number of fused-ring (bicyclic) bond motifs is 1. The van der Waals surface area contributed by atoms with Gasteiger partial charge in [-0.2, -0.15) is 0 Å². The van der Waals surface area contributed by atoms with Gasteiger partial charge in [-0.25, -0.2) is 0 Å². The van der Waals surface area contributed by atoms with Crippen molar-refractivity contribution in [2.24, 2.45) is 0 Å². The average molecular weight is 360 g/mol. The quantitative estimate of drug-likeness (QED) is 0.548. The van der Waals surface area contributed by atoms with Gasteiger partial charge >= 0.3 is 0 Å². The van der Waals surface area contributed by atoms with Crippen LogP contribution in [0.4, 0.5) is 17.1 Å². The molecule has 2 heterocycles. The number of hydrogen-bond donors (Lipinski definition) is 2. The predicted molar refractivity (Wildman–Crippen MR) is 102 cm³/mol. The summed E-state index contributed by atoms with van der Waals surface area (Å²) in [7, 11) is 0. The molecule has 7 heteroatoms. The summed E-state index contributed by atoms with van der Waals surface area (Å²) in [5.41, 5.74) is 2.97. The molecule has 2 aromatic carbocycles. The minimum Gasteiger partial charge on any atom is -0.373 e. The Kier molecular flexibility index (Phi) is 4.25. The summed E-state index contributed by atoms with van der Waals surface area (Å²) >= 11 is 0. The van der Waals surface area contributed by atoms with Crippen LogP contribution in [-0.4, -0.2) is 21.9 Å². The number of nitrogens with zero attached hydrogens (tertiary/aromatic N) is 2. The van der Waals surface area contributed by atoms with Crippen molar-refractivity contribution in [1.29, 1.82) is 0 Å². The Morgan fingerprint density at radius 3 is 2.63 bits per heavy atom. The second-order valence-electron chi connectivity index (χ2n) is 6.27. The fourth-order valence-electron chi connectivity index (χ4n) is 3.39. The molecule has 2 unspecified atom stereocenters. The number of amides is 1. The Balaban J connectivity index is 1.73. The van der Waals surface area contributed by atoms with E-state index in [1.807, 2.05) is 30.3 Å². The first-order valence-corrected chi connectivity index (χ1v) is 8.44. The van der Waals surface area contributed by atoms with E-state index in [0.717, 1.165) is 16.8 Å². The molecule has 27 heavy (non-hydrogen) atoms. The van der Waals surface area contributed by atoms with E-state index in [1.54, 1.807) is 30.6 Å². The maximum Gasteiger partial charge on any atom is 0.269 e. The minimum absolute atomic E-state index is 0.00444. The van der Waals surface area contributed by atoms with Crippen LogP contribution in [-0.2, 0) is 4.79 Å². The number of carbonyl (C=O) groups excluding carboxylic acids is 1. The van der Waals surface area contributed by atoms with Crippen molar-refractivity contribution in [2.45, 2.75) is 12.0 Å². The molecule has 7 nitrogen and oxygen atoms in total. The number of nitrogens with one attached hydrogen (secondary N) is 2. The predicted octanol–water partition coefficient (Wildman–Crippen LogP) is 3.55. The van der Waals surface area contributed by atoms with Gasteiger partial charge < -0.3 is 10.6 Å². The lowest BCUT2D eigenvalue weighted by atomic mass is 9.87. The molecular formula is C20H16N4O3. The molecule has 0 radical (unpaired) electrons. The Labute approximate surface area is 155 Å². The van der Waals surface area contributed by atoms with Crippen LogP contribution in [0.5, 0.6) is 0 Å². The molecular weight excluding hydrogens is 344 g/mol. The van der Waals surface area contributed by atoms with E-state index in [9.17, 15) is 14.9 Å². The molecule has 3 aromatic rings. The van der Waals surface area contributed by atoms with Crippen LogP contribution < -0.4 is 10.6 Å². The van der Waals surface area contributed by atoms with E-state index in [1.165, 1.54) is 12.1 Å². The highest BCUT2D eigenvalue weighted by Gasteiger charge is 2.39. The molecule has 134 valence electrons. The zero-order chi connectivity index (χ0) is 18.8. The molecule has 1 aliphatic rings. The number of carbonyl (C=O) groups is 1. The summed E-state index contributed by atoms with van der Waals surface area (Å²) in [6.07, 6.45) is 3.20. The van der Waals surface area contributed by atoms with Crippen molar-refractivity contribution in [3.05, 3.63) is 94.3 Å². The summed E-state index contributed by atoms with van der Waals surface area (Å²) in [5, 5.41) is 17.3. The van der Waals surface area contributed by atoms with Crippen molar-refractivity contribution < 1.29 is 9.72 Å². The number of anilines is 2. The Morgan fingerprint density at radius 1 is 1.11 bits per heavy atom. The van der Waals surface area contributed by atoms with Crippen LogP contribution in [0.3, 0.4) is 0 Å². The zero-order valence-corrected chi connectivity index (χ0v) is 14.2. The monoisotopic (exact) mass is 360 g/mol. The van der Waals surface area contributed by atoms with Gasteiger partial charge in [0.15, 0.2) is 0 Å². The van der Waals surface area contributed by atoms with E-state index >= 15 is 0 Å². The number of aromatic nitrogens is 1. The SMILES string of the molecule is O=C(Nc1cccnc1)C1Nc2ccc([N+](=O)[O-])cc2C1c1ccccc1. The van der Waals surface area contributed by atoms with Gasteiger partial charge in [-0.1, -0.05) is 30.3 Å². The molecule has 4 rings (SSSR count). The zero-order valence-electron chi connectivity index (χ0n) is 14.2. The first-order valence-electron chi connectivity index (χ1n) is 8.44. The van der Waals surface area contributed by atoms with Crippen LogP contribution in [0.2, 0.25) is 0 Å². The lowest BCUT2D eigenvalue weighted by Gasteiger charge is -2.20. The van der Waals surface area contributed by atoms with E-state index in [-0.39, 0.29) is 17.5 Å². The molecule has 0 bridgehead atoms. The molecule has 2 N–H and O–H groups in total. The summed E-state index contributed by atoms with van der Waals surface area (Å²) in [6.45, 7) is 0. The smallest absolute Gasteiger partial charge is 0.269 e. The number of benzene rings is 2. The highest BCUT2D eigenvalue weighted by atomic mass is 16.6. The van der Waals surface area contributed by atoms with Crippen molar-refractivity contribution in [2.75, 3.05) is 10.6 Å². The normalized spacial score (nSPS) is 17.6. The third kappa shape index (κ3) is 3.22. The number of non-ortho nitro benzene ring substituents is 1. The van der Waals surface area contributed by atoms with Gasteiger partial charge in [0.1, 0.15) is 6.04 Å². The molecule has 0 saturated carbocycles. The van der Waals surface area contributed by atoms with Crippen LogP contribution in [0.1, 0.15) is 17.0 Å². The number of nitro groups is 1. The molecule has 0 spiro atoms. The van der Waals surface area contributed by atoms with E-state index in [4.69, 9.17) is 0 Å². The lowest BCUT2D eigenvalue weighted by molar-refractivity contribution is -0.384. The highest BCUT2D eigenvalue weighted by Crippen LogP contribution is 2.42. The van der Waals surface area contributed by atoms with E-state index in [2.05, 4.69) is 15.6 Å². The Bertz CT molecular complexity index is 993. The number of hydrogen-bond acceptors (Lipinski definition) is 5. The van der Waals surface area contributed by atoms with E-state index in [0.29, 0.717) is 5.69 Å². The molecule has 1 aromatic heterocycles. The first-order chi connectivity index (χ1) is 13.1. The van der Waals surface area contributed by atoms with Crippen LogP contribution in [0, 0.1) is 10.1 Å². The average Bonchev–Trinajstić information content (AvgIpc) is 3.08. The van der Waals surface area contributed by atoms with Crippen LogP contribution in [0.15, 0.2) is 73.1 Å². The third-order valence-electron chi connectivity index (χ3n) is 4.60. The number of nitro benzene ring substituents is 1. The van der Waals surface area contributed by atoms with Gasteiger partial charge in [0.2, 0.25) is 5.91 Å². The molecule has 0 fully saturated rings. The van der Waals surface area contributed by atoms with Crippen molar-refractivity contribution in [3.8, 4) is 0 Å². The summed E-state index contributed by atoms with van der Waals surface area (Å²) < 4.78 is 0.